The van der Waals surface area contributed by atoms with E-state index in [1.165, 1.54) is 19.1 Å². The van der Waals surface area contributed by atoms with E-state index in [4.69, 9.17) is 5.26 Å². The number of hydrogen-bond acceptors (Lipinski definition) is 3. The van der Waals surface area contributed by atoms with Gasteiger partial charge in [-0.15, -0.1) is 0 Å². The van der Waals surface area contributed by atoms with Crippen LogP contribution in [0, 0.1) is 11.3 Å². The van der Waals surface area contributed by atoms with Crippen LogP contribution in [0.2, 0.25) is 0 Å². The first-order valence-corrected chi connectivity index (χ1v) is 5.09. The van der Waals surface area contributed by atoms with Gasteiger partial charge in [0.2, 0.25) is 0 Å². The number of aromatic nitrogens is 1. The van der Waals surface area contributed by atoms with Gasteiger partial charge in [-0.05, 0) is 19.1 Å². The Morgan fingerprint density at radius 1 is 1.50 bits per heavy atom. The van der Waals surface area contributed by atoms with Crippen molar-refractivity contribution in [3.8, 4) is 6.07 Å². The second-order valence-electron chi connectivity index (χ2n) is 3.48. The van der Waals surface area contributed by atoms with Gasteiger partial charge < -0.3 is 4.90 Å². The molecule has 1 amide bonds. The van der Waals surface area contributed by atoms with Gasteiger partial charge in [-0.3, -0.25) is 4.79 Å². The summed E-state index contributed by atoms with van der Waals surface area (Å²) in [6, 6.07) is 4.38. The molecule has 0 unspecified atom stereocenters. The lowest BCUT2D eigenvalue weighted by atomic mass is 10.2. The third-order valence-electron chi connectivity index (χ3n) is 2.15. The fourth-order valence-corrected chi connectivity index (χ4v) is 1.29. The summed E-state index contributed by atoms with van der Waals surface area (Å²) < 4.78 is 36.7. The Morgan fingerprint density at radius 3 is 2.56 bits per heavy atom. The van der Waals surface area contributed by atoms with Crippen LogP contribution in [-0.4, -0.2) is 35.1 Å². The number of hydrogen-bond donors (Lipinski definition) is 0. The van der Waals surface area contributed by atoms with Crippen LogP contribution < -0.4 is 0 Å². The first kappa shape index (κ1) is 14.0. The molecule has 1 aromatic rings. The number of alkyl halides is 3. The SMILES string of the molecule is CCN(CC(F)(F)F)C(=O)c1ccc(C#N)cn1. The molecule has 7 heteroatoms. The number of carbonyl (C=O) groups excluding carboxylic acids is 1. The van der Waals surface area contributed by atoms with Crippen LogP contribution in [0.4, 0.5) is 13.2 Å². The predicted molar refractivity (Wildman–Crippen MR) is 56.6 cm³/mol. The normalized spacial score (nSPS) is 10.8. The lowest BCUT2D eigenvalue weighted by molar-refractivity contribution is -0.140. The molecular weight excluding hydrogens is 247 g/mol. The van der Waals surface area contributed by atoms with E-state index in [9.17, 15) is 18.0 Å². The molecule has 0 bridgehead atoms. The van der Waals surface area contributed by atoms with Crippen molar-refractivity contribution in [1.29, 1.82) is 5.26 Å². The number of amides is 1. The third kappa shape index (κ3) is 3.73. The summed E-state index contributed by atoms with van der Waals surface area (Å²) in [6.07, 6.45) is -3.30. The number of nitriles is 1. The Morgan fingerprint density at radius 2 is 2.17 bits per heavy atom. The fourth-order valence-electron chi connectivity index (χ4n) is 1.29. The van der Waals surface area contributed by atoms with Crippen LogP contribution in [0.3, 0.4) is 0 Å². The zero-order chi connectivity index (χ0) is 13.8. The zero-order valence-electron chi connectivity index (χ0n) is 9.53. The molecule has 1 rings (SSSR count). The van der Waals surface area contributed by atoms with Crippen LogP contribution >= 0.6 is 0 Å². The first-order chi connectivity index (χ1) is 8.37. The second-order valence-corrected chi connectivity index (χ2v) is 3.48. The highest BCUT2D eigenvalue weighted by atomic mass is 19.4. The molecule has 0 saturated carbocycles. The van der Waals surface area contributed by atoms with E-state index in [1.54, 1.807) is 0 Å². The van der Waals surface area contributed by atoms with Crippen molar-refractivity contribution >= 4 is 5.91 Å². The van der Waals surface area contributed by atoms with Gasteiger partial charge in [0.25, 0.3) is 5.91 Å². The topological polar surface area (TPSA) is 57.0 Å². The van der Waals surface area contributed by atoms with Crippen molar-refractivity contribution in [2.75, 3.05) is 13.1 Å². The summed E-state index contributed by atoms with van der Waals surface area (Å²) in [4.78, 5) is 16.0. The number of halogens is 3. The molecule has 18 heavy (non-hydrogen) atoms. The van der Waals surface area contributed by atoms with E-state index in [1.807, 2.05) is 6.07 Å². The molecule has 0 aliphatic carbocycles. The summed E-state index contributed by atoms with van der Waals surface area (Å²) >= 11 is 0. The molecule has 96 valence electrons. The molecule has 0 aliphatic rings. The fraction of sp³-hybridized carbons (Fsp3) is 0.364. The van der Waals surface area contributed by atoms with E-state index in [-0.39, 0.29) is 17.8 Å². The lowest BCUT2D eigenvalue weighted by Crippen LogP contribution is -2.39. The van der Waals surface area contributed by atoms with Crippen LogP contribution in [0.1, 0.15) is 23.0 Å². The van der Waals surface area contributed by atoms with E-state index >= 15 is 0 Å². The largest absolute Gasteiger partial charge is 0.406 e. The van der Waals surface area contributed by atoms with Gasteiger partial charge in [-0.25, -0.2) is 4.98 Å². The van der Waals surface area contributed by atoms with Gasteiger partial charge >= 0.3 is 6.18 Å². The van der Waals surface area contributed by atoms with E-state index in [2.05, 4.69) is 4.98 Å². The molecule has 1 heterocycles. The average molecular weight is 257 g/mol. The van der Waals surface area contributed by atoms with Crippen molar-refractivity contribution < 1.29 is 18.0 Å². The van der Waals surface area contributed by atoms with Crippen molar-refractivity contribution in [3.63, 3.8) is 0 Å². The summed E-state index contributed by atoms with van der Waals surface area (Å²) in [5.41, 5.74) is 0.130. The van der Waals surface area contributed by atoms with Gasteiger partial charge in [-0.2, -0.15) is 18.4 Å². The molecule has 0 saturated heterocycles. The zero-order valence-corrected chi connectivity index (χ0v) is 9.53. The van der Waals surface area contributed by atoms with E-state index < -0.39 is 18.6 Å². The Balaban J connectivity index is 2.87. The third-order valence-corrected chi connectivity index (χ3v) is 2.15. The van der Waals surface area contributed by atoms with Gasteiger partial charge in [0.05, 0.1) is 5.56 Å². The molecular formula is C11H10F3N3O. The summed E-state index contributed by atoms with van der Waals surface area (Å²) in [5, 5.41) is 8.54. The second kappa shape index (κ2) is 5.49. The number of rotatable bonds is 3. The van der Waals surface area contributed by atoms with E-state index in [0.717, 1.165) is 6.20 Å². The minimum absolute atomic E-state index is 0.0694. The van der Waals surface area contributed by atoms with Crippen LogP contribution in [-0.2, 0) is 0 Å². The molecule has 1 aromatic heterocycles. The molecule has 0 radical (unpaired) electrons. The Labute approximate surface area is 102 Å². The molecule has 0 aromatic carbocycles. The van der Waals surface area contributed by atoms with Gasteiger partial charge in [-0.1, -0.05) is 0 Å². The van der Waals surface area contributed by atoms with Gasteiger partial charge in [0.15, 0.2) is 0 Å². The summed E-state index contributed by atoms with van der Waals surface area (Å²) in [7, 11) is 0. The maximum Gasteiger partial charge on any atom is 0.406 e. The number of carbonyl (C=O) groups is 1. The highest BCUT2D eigenvalue weighted by Crippen LogP contribution is 2.17. The highest BCUT2D eigenvalue weighted by Gasteiger charge is 2.32. The van der Waals surface area contributed by atoms with Gasteiger partial charge in [0.1, 0.15) is 18.3 Å². The minimum Gasteiger partial charge on any atom is -0.328 e. The minimum atomic E-state index is -4.45. The standard InChI is InChI=1S/C11H10F3N3O/c1-2-17(7-11(12,13)14)10(18)9-4-3-8(5-15)6-16-9/h3-4,6H,2,7H2,1H3. The Kier molecular flexibility index (Phi) is 4.26. The quantitative estimate of drug-likeness (QED) is 0.831. The maximum absolute atomic E-state index is 12.2. The predicted octanol–water partition coefficient (Wildman–Crippen LogP) is 1.98. The lowest BCUT2D eigenvalue weighted by Gasteiger charge is -2.21. The summed E-state index contributed by atoms with van der Waals surface area (Å²) in [5.74, 6) is -0.806. The highest BCUT2D eigenvalue weighted by molar-refractivity contribution is 5.92. The Hall–Kier alpha value is -2.10. The monoisotopic (exact) mass is 257 g/mol. The first-order valence-electron chi connectivity index (χ1n) is 5.09. The van der Waals surface area contributed by atoms with Crippen LogP contribution in [0.25, 0.3) is 0 Å². The molecule has 4 nitrogen and oxygen atoms in total. The van der Waals surface area contributed by atoms with E-state index in [0.29, 0.717) is 4.90 Å². The van der Waals surface area contributed by atoms with Crippen LogP contribution in [0.15, 0.2) is 18.3 Å². The Bertz CT molecular complexity index is 462. The molecule has 0 spiro atoms. The smallest absolute Gasteiger partial charge is 0.328 e. The molecule has 0 aliphatic heterocycles. The maximum atomic E-state index is 12.2. The van der Waals surface area contributed by atoms with Crippen molar-refractivity contribution in [2.45, 2.75) is 13.1 Å². The number of pyridine rings is 1. The van der Waals surface area contributed by atoms with Crippen molar-refractivity contribution in [1.82, 2.24) is 9.88 Å². The molecule has 0 fully saturated rings. The average Bonchev–Trinajstić information content (AvgIpc) is 2.34. The van der Waals surface area contributed by atoms with Gasteiger partial charge in [0, 0.05) is 12.7 Å². The molecule has 0 N–H and O–H groups in total. The summed E-state index contributed by atoms with van der Waals surface area (Å²) in [6.45, 7) is 0.0668. The number of nitrogens with zero attached hydrogens (tertiary/aromatic N) is 3. The van der Waals surface area contributed by atoms with Crippen LogP contribution in [0.5, 0.6) is 0 Å². The molecule has 0 atom stereocenters. The van der Waals surface area contributed by atoms with Crippen molar-refractivity contribution in [2.24, 2.45) is 0 Å². The van der Waals surface area contributed by atoms with Crippen molar-refractivity contribution in [3.05, 3.63) is 29.6 Å².